The van der Waals surface area contributed by atoms with Crippen molar-refractivity contribution < 1.29 is 9.53 Å². The Morgan fingerprint density at radius 2 is 2.00 bits per heavy atom. The van der Waals surface area contributed by atoms with Gasteiger partial charge in [0.15, 0.2) is 5.82 Å². The lowest BCUT2D eigenvalue weighted by molar-refractivity contribution is -0.141. The molecule has 0 atom stereocenters. The van der Waals surface area contributed by atoms with Crippen LogP contribution in [0.1, 0.15) is 30.7 Å². The van der Waals surface area contributed by atoms with Crippen molar-refractivity contribution in [2.24, 2.45) is 5.73 Å². The minimum absolute atomic E-state index is 0.0944. The van der Waals surface area contributed by atoms with E-state index in [1.807, 2.05) is 20.8 Å². The highest BCUT2D eigenvalue weighted by Crippen LogP contribution is 2.22. The predicted octanol–water partition coefficient (Wildman–Crippen LogP) is 1.12. The van der Waals surface area contributed by atoms with Crippen LogP contribution in [0.3, 0.4) is 0 Å². The highest BCUT2D eigenvalue weighted by molar-refractivity contribution is 7.80. The van der Waals surface area contributed by atoms with Gasteiger partial charge in [-0.2, -0.15) is 5.10 Å². The van der Waals surface area contributed by atoms with Gasteiger partial charge in [-0.1, -0.05) is 12.2 Å². The molecule has 0 saturated carbocycles. The van der Waals surface area contributed by atoms with E-state index in [1.54, 1.807) is 11.8 Å². The van der Waals surface area contributed by atoms with Crippen LogP contribution in [0.25, 0.3) is 0 Å². The Morgan fingerprint density at radius 3 is 2.50 bits per heavy atom. The molecule has 6 nitrogen and oxygen atoms in total. The van der Waals surface area contributed by atoms with E-state index in [4.69, 9.17) is 22.7 Å². The number of hydrogen-bond acceptors (Lipinski definition) is 6. The molecule has 7 heteroatoms. The number of nitrogens with zero attached hydrogens (tertiary/aromatic N) is 3. The number of carbonyl (C=O) groups is 1. The molecule has 0 aliphatic carbocycles. The molecule has 0 radical (unpaired) electrons. The number of thiocarbonyl (C=S) groups is 1. The van der Waals surface area contributed by atoms with Gasteiger partial charge in [-0.25, -0.2) is 0 Å². The van der Waals surface area contributed by atoms with E-state index in [-0.39, 0.29) is 17.5 Å². The molecule has 0 aromatic carbocycles. The van der Waals surface area contributed by atoms with E-state index in [9.17, 15) is 4.79 Å². The monoisotopic (exact) mass is 296 g/mol. The van der Waals surface area contributed by atoms with Crippen LogP contribution in [0.15, 0.2) is 0 Å². The molecule has 0 bridgehead atoms. The van der Waals surface area contributed by atoms with Crippen molar-refractivity contribution >= 4 is 29.0 Å². The van der Waals surface area contributed by atoms with E-state index >= 15 is 0 Å². The third-order valence-corrected chi connectivity index (χ3v) is 3.19. The lowest BCUT2D eigenvalue weighted by atomic mass is 10.1. The van der Waals surface area contributed by atoms with Crippen LogP contribution in [-0.4, -0.2) is 40.9 Å². The second kappa shape index (κ2) is 7.14. The first-order valence-electron chi connectivity index (χ1n) is 6.46. The standard InChI is InChI=1S/C13H20N4O2S/c1-5-17(7-10(18)19-6-2)13-11(12(14)20)8(3)9(4)15-16-13/h5-7H2,1-4H3,(H2,14,20). The number of likely N-dealkylation sites (N-methyl/N-ethyl adjacent to an activating group) is 1. The summed E-state index contributed by atoms with van der Waals surface area (Å²) in [6, 6.07) is 0. The minimum atomic E-state index is -0.316. The van der Waals surface area contributed by atoms with Gasteiger partial charge in [0.05, 0.1) is 17.9 Å². The molecule has 1 rings (SSSR count). The summed E-state index contributed by atoms with van der Waals surface area (Å²) >= 11 is 5.10. The molecule has 1 aromatic rings. The lowest BCUT2D eigenvalue weighted by Crippen LogP contribution is -2.34. The number of rotatable bonds is 6. The van der Waals surface area contributed by atoms with Gasteiger partial charge in [-0.05, 0) is 33.3 Å². The summed E-state index contributed by atoms with van der Waals surface area (Å²) in [5, 5.41) is 8.23. The molecular formula is C13H20N4O2S. The fourth-order valence-electron chi connectivity index (χ4n) is 1.81. The highest BCUT2D eigenvalue weighted by atomic mass is 32.1. The first kappa shape index (κ1) is 16.3. The zero-order valence-electron chi connectivity index (χ0n) is 12.3. The normalized spacial score (nSPS) is 10.2. The number of nitrogens with two attached hydrogens (primary N) is 1. The fraction of sp³-hybridized carbons (Fsp3) is 0.538. The molecule has 0 unspecified atom stereocenters. The summed E-state index contributed by atoms with van der Waals surface area (Å²) in [6.07, 6.45) is 0. The summed E-state index contributed by atoms with van der Waals surface area (Å²) in [7, 11) is 0. The largest absolute Gasteiger partial charge is 0.465 e. The van der Waals surface area contributed by atoms with Crippen molar-refractivity contribution in [3.63, 3.8) is 0 Å². The van der Waals surface area contributed by atoms with Crippen molar-refractivity contribution in [2.75, 3.05) is 24.6 Å². The smallest absolute Gasteiger partial charge is 0.325 e. The van der Waals surface area contributed by atoms with Crippen molar-refractivity contribution in [1.82, 2.24) is 10.2 Å². The number of hydrogen-bond donors (Lipinski definition) is 1. The Hall–Kier alpha value is -1.76. The van der Waals surface area contributed by atoms with Crippen LogP contribution in [0.2, 0.25) is 0 Å². The molecule has 0 saturated heterocycles. The van der Waals surface area contributed by atoms with E-state index in [0.29, 0.717) is 24.5 Å². The van der Waals surface area contributed by atoms with Gasteiger partial charge in [-0.15, -0.1) is 5.10 Å². The van der Waals surface area contributed by atoms with E-state index < -0.39 is 0 Å². The molecule has 0 fully saturated rings. The van der Waals surface area contributed by atoms with Gasteiger partial charge in [0.2, 0.25) is 0 Å². The second-order valence-corrected chi connectivity index (χ2v) is 4.73. The van der Waals surface area contributed by atoms with Crippen LogP contribution in [-0.2, 0) is 9.53 Å². The summed E-state index contributed by atoms with van der Waals surface area (Å²) in [6.45, 7) is 8.43. The Bertz CT molecular complexity index is 519. The number of aromatic nitrogens is 2. The Labute approximate surface area is 124 Å². The molecule has 1 aromatic heterocycles. The molecule has 110 valence electrons. The maximum Gasteiger partial charge on any atom is 0.325 e. The summed E-state index contributed by atoms with van der Waals surface area (Å²) in [5.74, 6) is 0.208. The van der Waals surface area contributed by atoms with Crippen molar-refractivity contribution in [1.29, 1.82) is 0 Å². The summed E-state index contributed by atoms with van der Waals surface area (Å²) < 4.78 is 4.96. The number of anilines is 1. The predicted molar refractivity (Wildman–Crippen MR) is 81.9 cm³/mol. The molecule has 0 spiro atoms. The Morgan fingerprint density at radius 1 is 1.35 bits per heavy atom. The Kier molecular flexibility index (Phi) is 5.82. The first-order chi connectivity index (χ1) is 9.42. The van der Waals surface area contributed by atoms with Gasteiger partial charge in [-0.3, -0.25) is 4.79 Å². The molecular weight excluding hydrogens is 276 g/mol. The van der Waals surface area contributed by atoms with Crippen LogP contribution >= 0.6 is 12.2 Å². The maximum atomic E-state index is 11.6. The highest BCUT2D eigenvalue weighted by Gasteiger charge is 2.20. The molecule has 0 aliphatic rings. The fourth-order valence-corrected chi connectivity index (χ4v) is 2.06. The number of esters is 1. The van der Waals surface area contributed by atoms with Gasteiger partial charge in [0.25, 0.3) is 0 Å². The Balaban J connectivity index is 3.18. The van der Waals surface area contributed by atoms with Gasteiger partial charge in [0, 0.05) is 6.54 Å². The second-order valence-electron chi connectivity index (χ2n) is 4.29. The average molecular weight is 296 g/mol. The van der Waals surface area contributed by atoms with Crippen molar-refractivity contribution in [2.45, 2.75) is 27.7 Å². The molecule has 20 heavy (non-hydrogen) atoms. The van der Waals surface area contributed by atoms with Gasteiger partial charge >= 0.3 is 5.97 Å². The van der Waals surface area contributed by atoms with Gasteiger partial charge in [0.1, 0.15) is 11.5 Å². The zero-order valence-corrected chi connectivity index (χ0v) is 13.1. The summed E-state index contributed by atoms with van der Waals surface area (Å²) in [5.41, 5.74) is 8.10. The number of carbonyl (C=O) groups excluding carboxylic acids is 1. The van der Waals surface area contributed by atoms with Crippen LogP contribution in [0, 0.1) is 13.8 Å². The maximum absolute atomic E-state index is 11.6. The van der Waals surface area contributed by atoms with E-state index in [0.717, 1.165) is 11.3 Å². The molecule has 2 N–H and O–H groups in total. The van der Waals surface area contributed by atoms with E-state index in [2.05, 4.69) is 10.2 Å². The topological polar surface area (TPSA) is 81.3 Å². The third kappa shape index (κ3) is 3.63. The molecule has 0 aliphatic heterocycles. The molecule has 0 amide bonds. The third-order valence-electron chi connectivity index (χ3n) is 2.99. The van der Waals surface area contributed by atoms with Gasteiger partial charge < -0.3 is 15.4 Å². The van der Waals surface area contributed by atoms with Crippen molar-refractivity contribution in [3.05, 3.63) is 16.8 Å². The van der Waals surface area contributed by atoms with Crippen LogP contribution in [0.5, 0.6) is 0 Å². The average Bonchev–Trinajstić information content (AvgIpc) is 2.39. The SMILES string of the molecule is CCOC(=O)CN(CC)c1nnc(C)c(C)c1C(N)=S. The van der Waals surface area contributed by atoms with Crippen LogP contribution < -0.4 is 10.6 Å². The summed E-state index contributed by atoms with van der Waals surface area (Å²) in [4.78, 5) is 13.6. The minimum Gasteiger partial charge on any atom is -0.465 e. The van der Waals surface area contributed by atoms with Crippen LogP contribution in [0.4, 0.5) is 5.82 Å². The zero-order chi connectivity index (χ0) is 15.3. The lowest BCUT2D eigenvalue weighted by Gasteiger charge is -2.23. The van der Waals surface area contributed by atoms with Crippen molar-refractivity contribution in [3.8, 4) is 0 Å². The van der Waals surface area contributed by atoms with E-state index in [1.165, 1.54) is 0 Å². The molecule has 1 heterocycles. The number of aryl methyl sites for hydroxylation is 1. The first-order valence-corrected chi connectivity index (χ1v) is 6.87. The quantitative estimate of drug-likeness (QED) is 0.622. The number of ether oxygens (including phenoxy) is 1.